The summed E-state index contributed by atoms with van der Waals surface area (Å²) in [4.78, 5) is 26.2. The van der Waals surface area contributed by atoms with Gasteiger partial charge in [-0.1, -0.05) is 30.4 Å². The smallest absolute Gasteiger partial charge is 0.257 e. The molecule has 0 aromatic carbocycles. The molecule has 3 aromatic heterocycles. The highest BCUT2D eigenvalue weighted by atomic mass is 32.1. The van der Waals surface area contributed by atoms with E-state index in [-0.39, 0.29) is 5.56 Å². The molecule has 0 saturated carbocycles. The summed E-state index contributed by atoms with van der Waals surface area (Å²) >= 11 is 1.73. The second-order valence-corrected chi connectivity index (χ2v) is 9.19. The molecule has 0 spiro atoms. The van der Waals surface area contributed by atoms with Crippen LogP contribution in [0.3, 0.4) is 0 Å². The van der Waals surface area contributed by atoms with Gasteiger partial charge in [-0.2, -0.15) is 0 Å². The lowest BCUT2D eigenvalue weighted by Crippen LogP contribution is -2.37. The van der Waals surface area contributed by atoms with E-state index >= 15 is 0 Å². The molecular formula is C24H24N4OS. The van der Waals surface area contributed by atoms with E-state index in [0.717, 1.165) is 47.5 Å². The Bertz CT molecular complexity index is 1250. The van der Waals surface area contributed by atoms with Gasteiger partial charge in [0.05, 0.1) is 5.01 Å². The van der Waals surface area contributed by atoms with Crippen LogP contribution in [0.5, 0.6) is 0 Å². The average Bonchev–Trinajstić information content (AvgIpc) is 3.00. The van der Waals surface area contributed by atoms with Crippen molar-refractivity contribution in [2.75, 3.05) is 6.54 Å². The van der Waals surface area contributed by atoms with Crippen molar-refractivity contribution in [3.63, 3.8) is 0 Å². The molecule has 0 unspecified atom stereocenters. The van der Waals surface area contributed by atoms with Gasteiger partial charge in [0.25, 0.3) is 5.56 Å². The lowest BCUT2D eigenvalue weighted by molar-refractivity contribution is 0.246. The minimum absolute atomic E-state index is 0.0968. The number of hydrogen-bond donors (Lipinski definition) is 0. The SMILES string of the molecule is Cc1ncc(CN2CCc3c(c(=O)n(CC4=CC=CC=CC4)c4ncccc34)C2)s1. The Morgan fingerprint density at radius 1 is 1.13 bits per heavy atom. The van der Waals surface area contributed by atoms with Crippen LogP contribution in [0, 0.1) is 6.92 Å². The Labute approximate surface area is 179 Å². The summed E-state index contributed by atoms with van der Waals surface area (Å²) in [5.41, 5.74) is 4.20. The van der Waals surface area contributed by atoms with Crippen molar-refractivity contribution in [2.45, 2.75) is 39.4 Å². The Morgan fingerprint density at radius 3 is 2.93 bits per heavy atom. The van der Waals surface area contributed by atoms with E-state index < -0.39 is 0 Å². The maximum absolute atomic E-state index is 13.6. The van der Waals surface area contributed by atoms with Crippen LogP contribution in [0.15, 0.2) is 65.3 Å². The van der Waals surface area contributed by atoms with Gasteiger partial charge < -0.3 is 0 Å². The predicted octanol–water partition coefficient (Wildman–Crippen LogP) is 4.16. The van der Waals surface area contributed by atoms with Crippen molar-refractivity contribution in [3.05, 3.63) is 91.8 Å². The van der Waals surface area contributed by atoms with Gasteiger partial charge in [-0.05, 0) is 43.0 Å². The zero-order valence-electron chi connectivity index (χ0n) is 17.0. The number of pyridine rings is 2. The number of aryl methyl sites for hydroxylation is 1. The van der Waals surface area contributed by atoms with Crippen LogP contribution in [0.4, 0.5) is 0 Å². The molecule has 2 aliphatic rings. The Balaban J connectivity index is 1.54. The largest absolute Gasteiger partial charge is 0.293 e. The fourth-order valence-electron chi connectivity index (χ4n) is 4.34. The Hall–Kier alpha value is -2.83. The lowest BCUT2D eigenvalue weighted by atomic mass is 9.97. The summed E-state index contributed by atoms with van der Waals surface area (Å²) in [6.45, 7) is 5.07. The van der Waals surface area contributed by atoms with Crippen molar-refractivity contribution in [1.82, 2.24) is 19.4 Å². The monoisotopic (exact) mass is 416 g/mol. The highest BCUT2D eigenvalue weighted by Crippen LogP contribution is 2.26. The lowest BCUT2D eigenvalue weighted by Gasteiger charge is -2.29. The van der Waals surface area contributed by atoms with Gasteiger partial charge in [-0.3, -0.25) is 14.3 Å². The molecule has 5 rings (SSSR count). The first kappa shape index (κ1) is 19.2. The van der Waals surface area contributed by atoms with Crippen LogP contribution in [0.25, 0.3) is 11.0 Å². The van der Waals surface area contributed by atoms with E-state index in [1.807, 2.05) is 35.9 Å². The van der Waals surface area contributed by atoms with Crippen molar-refractivity contribution < 1.29 is 0 Å². The quantitative estimate of drug-likeness (QED) is 0.641. The fourth-order valence-corrected chi connectivity index (χ4v) is 5.18. The van der Waals surface area contributed by atoms with E-state index in [1.165, 1.54) is 16.0 Å². The molecule has 1 aliphatic carbocycles. The van der Waals surface area contributed by atoms with E-state index in [0.29, 0.717) is 13.1 Å². The molecule has 0 N–H and O–H groups in total. The first-order valence-electron chi connectivity index (χ1n) is 10.3. The molecule has 0 radical (unpaired) electrons. The predicted molar refractivity (Wildman–Crippen MR) is 122 cm³/mol. The fraction of sp³-hybridized carbons (Fsp3) is 0.292. The molecule has 3 aromatic rings. The van der Waals surface area contributed by atoms with Crippen molar-refractivity contribution >= 4 is 22.4 Å². The standard InChI is InChI=1S/C24H24N4OS/c1-17-26-13-19(30-17)15-27-12-10-20-21-9-6-11-25-23(21)28(24(29)22(20)16-27)14-18-7-4-2-3-5-8-18/h2-7,9,11,13H,8,10,12,14-16H2,1H3. The number of allylic oxidation sites excluding steroid dienone is 6. The Morgan fingerprint density at radius 2 is 2.07 bits per heavy atom. The number of nitrogens with zero attached hydrogens (tertiary/aromatic N) is 4. The second-order valence-electron chi connectivity index (χ2n) is 7.87. The highest BCUT2D eigenvalue weighted by molar-refractivity contribution is 7.11. The molecule has 0 atom stereocenters. The van der Waals surface area contributed by atoms with Gasteiger partial charge in [0.2, 0.25) is 0 Å². The van der Waals surface area contributed by atoms with Crippen molar-refractivity contribution in [3.8, 4) is 0 Å². The third-order valence-electron chi connectivity index (χ3n) is 5.77. The summed E-state index contributed by atoms with van der Waals surface area (Å²) < 4.78 is 1.87. The summed E-state index contributed by atoms with van der Waals surface area (Å²) in [6.07, 6.45) is 15.8. The third-order valence-corrected chi connectivity index (χ3v) is 6.67. The van der Waals surface area contributed by atoms with Crippen LogP contribution < -0.4 is 5.56 Å². The summed E-state index contributed by atoms with van der Waals surface area (Å²) in [7, 11) is 0. The molecule has 0 bridgehead atoms. The number of thiazole rings is 1. The third kappa shape index (κ3) is 3.68. The van der Waals surface area contributed by atoms with Gasteiger partial charge in [-0.15, -0.1) is 11.3 Å². The zero-order chi connectivity index (χ0) is 20.5. The summed E-state index contributed by atoms with van der Waals surface area (Å²) in [5, 5.41) is 2.20. The van der Waals surface area contributed by atoms with Gasteiger partial charge in [-0.25, -0.2) is 9.97 Å². The number of rotatable bonds is 4. The zero-order valence-corrected chi connectivity index (χ0v) is 17.9. The Kier molecular flexibility index (Phi) is 5.19. The molecule has 4 heterocycles. The van der Waals surface area contributed by atoms with Crippen molar-refractivity contribution in [2.24, 2.45) is 0 Å². The van der Waals surface area contributed by atoms with Crippen LogP contribution in [0.1, 0.15) is 27.4 Å². The number of fused-ring (bicyclic) bond motifs is 3. The molecule has 30 heavy (non-hydrogen) atoms. The summed E-state index contributed by atoms with van der Waals surface area (Å²) in [6, 6.07) is 4.08. The van der Waals surface area contributed by atoms with Gasteiger partial charge in [0, 0.05) is 54.4 Å². The average molecular weight is 417 g/mol. The van der Waals surface area contributed by atoms with E-state index in [9.17, 15) is 4.79 Å². The first-order chi connectivity index (χ1) is 14.7. The molecule has 0 amide bonds. The van der Waals surface area contributed by atoms with Gasteiger partial charge >= 0.3 is 0 Å². The number of hydrogen-bond acceptors (Lipinski definition) is 5. The number of aromatic nitrogens is 3. The minimum Gasteiger partial charge on any atom is -0.293 e. The molecule has 0 fully saturated rings. The molecule has 5 nitrogen and oxygen atoms in total. The van der Waals surface area contributed by atoms with Crippen LogP contribution >= 0.6 is 11.3 Å². The molecule has 6 heteroatoms. The highest BCUT2D eigenvalue weighted by Gasteiger charge is 2.24. The van der Waals surface area contributed by atoms with Gasteiger partial charge in [0.15, 0.2) is 0 Å². The molecular weight excluding hydrogens is 392 g/mol. The van der Waals surface area contributed by atoms with E-state index in [2.05, 4.69) is 39.2 Å². The van der Waals surface area contributed by atoms with Gasteiger partial charge in [0.1, 0.15) is 5.65 Å². The molecule has 1 aliphatic heterocycles. The van der Waals surface area contributed by atoms with Crippen LogP contribution in [-0.4, -0.2) is 26.0 Å². The second kappa shape index (κ2) is 8.13. The summed E-state index contributed by atoms with van der Waals surface area (Å²) in [5.74, 6) is 0. The maximum Gasteiger partial charge on any atom is 0.257 e. The van der Waals surface area contributed by atoms with E-state index in [4.69, 9.17) is 0 Å². The first-order valence-corrected chi connectivity index (χ1v) is 11.1. The molecule has 152 valence electrons. The van der Waals surface area contributed by atoms with E-state index in [1.54, 1.807) is 17.5 Å². The van der Waals surface area contributed by atoms with Crippen LogP contribution in [-0.2, 0) is 26.1 Å². The topological polar surface area (TPSA) is 51.0 Å². The maximum atomic E-state index is 13.6. The molecule has 0 saturated heterocycles. The minimum atomic E-state index is 0.0968. The van der Waals surface area contributed by atoms with Crippen LogP contribution in [0.2, 0.25) is 0 Å². The van der Waals surface area contributed by atoms with Crippen molar-refractivity contribution in [1.29, 1.82) is 0 Å². The normalized spacial score (nSPS) is 16.5.